The van der Waals surface area contributed by atoms with Crippen LogP contribution < -0.4 is 5.32 Å². The average molecular weight is 788 g/mol. The van der Waals surface area contributed by atoms with Gasteiger partial charge < -0.3 is 20.6 Å². The van der Waals surface area contributed by atoms with Crippen LogP contribution in [0.1, 0.15) is 258 Å². The van der Waals surface area contributed by atoms with E-state index < -0.39 is 24.2 Å². The molecule has 0 aromatic rings. The van der Waals surface area contributed by atoms with Gasteiger partial charge in [0.1, 0.15) is 6.10 Å². The fraction of sp³-hybridized carbons (Fsp3) is 0.863. The first-order valence-corrected chi connectivity index (χ1v) is 24.8. The van der Waals surface area contributed by atoms with Crippen molar-refractivity contribution in [2.24, 2.45) is 0 Å². The highest BCUT2D eigenvalue weighted by Crippen LogP contribution is 2.16. The van der Waals surface area contributed by atoms with Crippen molar-refractivity contribution in [3.8, 4) is 0 Å². The third kappa shape index (κ3) is 40.8. The van der Waals surface area contributed by atoms with Gasteiger partial charge >= 0.3 is 0 Å². The Labute approximate surface area is 349 Å². The number of rotatable bonds is 45. The van der Waals surface area contributed by atoms with Crippen LogP contribution in [0.5, 0.6) is 0 Å². The van der Waals surface area contributed by atoms with Gasteiger partial charge in [0, 0.05) is 0 Å². The van der Waals surface area contributed by atoms with Gasteiger partial charge in [-0.2, -0.15) is 0 Å². The normalized spacial score (nSPS) is 13.7. The summed E-state index contributed by atoms with van der Waals surface area (Å²) in [7, 11) is 0. The van der Waals surface area contributed by atoms with Crippen molar-refractivity contribution < 1.29 is 20.1 Å². The van der Waals surface area contributed by atoms with Crippen molar-refractivity contribution in [2.75, 3.05) is 6.61 Å². The van der Waals surface area contributed by atoms with E-state index in [1.165, 1.54) is 199 Å². The molecule has 0 bridgehead atoms. The molecule has 5 nitrogen and oxygen atoms in total. The number of allylic oxidation sites excluding steroid dienone is 5. The standard InChI is InChI=1S/C51H97NO4/c1-3-5-7-9-11-13-15-17-19-20-21-22-23-24-25-26-27-28-29-30-31-32-34-36-38-40-42-44-46-50(55)51(56)52-48(47-53)49(54)45-43-41-39-37-35-33-18-16-14-12-10-8-6-4-2/h21-22,24-25,43,45,48-50,53-55H,3-20,23,26-42,44,46-47H2,1-2H3,(H,52,56)/b22-21-,25-24-,45-43+. The average Bonchev–Trinajstić information content (AvgIpc) is 3.20. The summed E-state index contributed by atoms with van der Waals surface area (Å²) in [4.78, 5) is 12.5. The first-order valence-electron chi connectivity index (χ1n) is 24.8. The van der Waals surface area contributed by atoms with Gasteiger partial charge in [0.05, 0.1) is 18.8 Å². The number of aliphatic hydroxyl groups is 3. The summed E-state index contributed by atoms with van der Waals surface area (Å²) in [6, 6.07) is -0.797. The van der Waals surface area contributed by atoms with Gasteiger partial charge in [-0.1, -0.05) is 243 Å². The minimum atomic E-state index is -1.10. The number of nitrogens with one attached hydrogen (secondary N) is 1. The van der Waals surface area contributed by atoms with Crippen LogP contribution in [0, 0.1) is 0 Å². The molecule has 0 aliphatic rings. The van der Waals surface area contributed by atoms with E-state index in [1.807, 2.05) is 6.08 Å². The minimum Gasteiger partial charge on any atom is -0.394 e. The number of aliphatic hydroxyl groups excluding tert-OH is 3. The lowest BCUT2D eigenvalue weighted by Gasteiger charge is -2.21. The molecular weight excluding hydrogens is 691 g/mol. The zero-order valence-corrected chi connectivity index (χ0v) is 37.5. The van der Waals surface area contributed by atoms with E-state index in [1.54, 1.807) is 6.08 Å². The molecule has 330 valence electrons. The molecule has 0 fully saturated rings. The van der Waals surface area contributed by atoms with Gasteiger partial charge in [0.25, 0.3) is 0 Å². The van der Waals surface area contributed by atoms with Crippen LogP contribution in [-0.4, -0.2) is 46.1 Å². The summed E-state index contributed by atoms with van der Waals surface area (Å²) in [6.07, 6.45) is 59.1. The monoisotopic (exact) mass is 788 g/mol. The summed E-state index contributed by atoms with van der Waals surface area (Å²) < 4.78 is 0. The number of amides is 1. The van der Waals surface area contributed by atoms with Gasteiger partial charge in [0.2, 0.25) is 5.91 Å². The van der Waals surface area contributed by atoms with Crippen molar-refractivity contribution in [1.82, 2.24) is 5.32 Å². The predicted octanol–water partition coefficient (Wildman–Crippen LogP) is 14.7. The first-order chi connectivity index (χ1) is 27.6. The largest absolute Gasteiger partial charge is 0.394 e. The molecule has 56 heavy (non-hydrogen) atoms. The first kappa shape index (κ1) is 54.6. The molecule has 0 aromatic heterocycles. The lowest BCUT2D eigenvalue weighted by molar-refractivity contribution is -0.131. The Morgan fingerprint density at radius 3 is 1.12 bits per heavy atom. The van der Waals surface area contributed by atoms with Gasteiger partial charge in [-0.25, -0.2) is 0 Å². The summed E-state index contributed by atoms with van der Waals surface area (Å²) in [5.74, 6) is -0.503. The van der Waals surface area contributed by atoms with Crippen molar-refractivity contribution >= 4 is 5.91 Å². The molecule has 0 aliphatic heterocycles. The Morgan fingerprint density at radius 1 is 0.446 bits per heavy atom. The van der Waals surface area contributed by atoms with Crippen LogP contribution in [0.2, 0.25) is 0 Å². The summed E-state index contributed by atoms with van der Waals surface area (Å²) >= 11 is 0. The topological polar surface area (TPSA) is 89.8 Å². The fourth-order valence-corrected chi connectivity index (χ4v) is 7.57. The minimum absolute atomic E-state index is 0.363. The highest BCUT2D eigenvalue weighted by molar-refractivity contribution is 5.80. The van der Waals surface area contributed by atoms with Crippen molar-refractivity contribution in [3.63, 3.8) is 0 Å². The second-order valence-corrected chi connectivity index (χ2v) is 17.0. The lowest BCUT2D eigenvalue weighted by atomic mass is 10.0. The van der Waals surface area contributed by atoms with E-state index in [0.717, 1.165) is 38.5 Å². The quantitative estimate of drug-likeness (QED) is 0.0365. The van der Waals surface area contributed by atoms with Crippen LogP contribution in [0.3, 0.4) is 0 Å². The highest BCUT2D eigenvalue weighted by Gasteiger charge is 2.22. The second-order valence-electron chi connectivity index (χ2n) is 17.0. The Balaban J connectivity index is 3.59. The van der Waals surface area contributed by atoms with Crippen molar-refractivity contribution in [2.45, 2.75) is 276 Å². The van der Waals surface area contributed by atoms with Gasteiger partial charge in [-0.15, -0.1) is 0 Å². The van der Waals surface area contributed by atoms with Gasteiger partial charge in [-0.3, -0.25) is 4.79 Å². The molecule has 1 amide bonds. The van der Waals surface area contributed by atoms with E-state index >= 15 is 0 Å². The van der Waals surface area contributed by atoms with Crippen LogP contribution in [-0.2, 0) is 4.79 Å². The van der Waals surface area contributed by atoms with Gasteiger partial charge in [0.15, 0.2) is 0 Å². The van der Waals surface area contributed by atoms with E-state index in [-0.39, 0.29) is 6.61 Å². The van der Waals surface area contributed by atoms with E-state index in [2.05, 4.69) is 43.5 Å². The summed E-state index contributed by atoms with van der Waals surface area (Å²) in [5.41, 5.74) is 0. The molecule has 0 heterocycles. The molecule has 4 N–H and O–H groups in total. The molecule has 0 saturated carbocycles. The second kappa shape index (κ2) is 46.3. The maximum absolute atomic E-state index is 12.5. The number of carbonyl (C=O) groups excluding carboxylic acids is 1. The number of hydrogen-bond acceptors (Lipinski definition) is 4. The zero-order chi connectivity index (χ0) is 40.8. The fourth-order valence-electron chi connectivity index (χ4n) is 7.57. The molecule has 3 unspecified atom stereocenters. The SMILES string of the molecule is CCCCCCCCCCC/C=C\C/C=C\CCCCCCCCCCCCCCC(O)C(=O)NC(CO)C(O)/C=C/CCCCCCCCCCCCCC. The molecule has 0 rings (SSSR count). The third-order valence-electron chi connectivity index (χ3n) is 11.5. The van der Waals surface area contributed by atoms with E-state index in [0.29, 0.717) is 6.42 Å². The Bertz CT molecular complexity index is 870. The van der Waals surface area contributed by atoms with Crippen LogP contribution >= 0.6 is 0 Å². The molecule has 0 spiro atoms. The number of unbranched alkanes of at least 4 members (excludes halogenated alkanes) is 33. The summed E-state index contributed by atoms with van der Waals surface area (Å²) in [6.45, 7) is 4.19. The summed E-state index contributed by atoms with van der Waals surface area (Å²) in [5, 5.41) is 33.2. The maximum atomic E-state index is 12.5. The lowest BCUT2D eigenvalue weighted by Crippen LogP contribution is -2.48. The molecular formula is C51H97NO4. The van der Waals surface area contributed by atoms with Crippen molar-refractivity contribution in [3.05, 3.63) is 36.5 Å². The van der Waals surface area contributed by atoms with E-state index in [4.69, 9.17) is 0 Å². The van der Waals surface area contributed by atoms with Crippen molar-refractivity contribution in [1.29, 1.82) is 0 Å². The van der Waals surface area contributed by atoms with Crippen LogP contribution in [0.15, 0.2) is 36.5 Å². The Morgan fingerprint density at radius 2 is 0.768 bits per heavy atom. The molecule has 3 atom stereocenters. The zero-order valence-electron chi connectivity index (χ0n) is 37.5. The third-order valence-corrected chi connectivity index (χ3v) is 11.5. The molecule has 0 aromatic carbocycles. The molecule has 0 aliphatic carbocycles. The number of hydrogen-bond donors (Lipinski definition) is 4. The van der Waals surface area contributed by atoms with Crippen LogP contribution in [0.25, 0.3) is 0 Å². The van der Waals surface area contributed by atoms with E-state index in [9.17, 15) is 20.1 Å². The molecule has 0 radical (unpaired) electrons. The van der Waals surface area contributed by atoms with Crippen LogP contribution in [0.4, 0.5) is 0 Å². The maximum Gasteiger partial charge on any atom is 0.249 e. The Kier molecular flexibility index (Phi) is 45.1. The predicted molar refractivity (Wildman–Crippen MR) is 245 cm³/mol. The smallest absolute Gasteiger partial charge is 0.249 e. The number of carbonyl (C=O) groups is 1. The molecule has 5 heteroatoms. The molecule has 0 saturated heterocycles. The van der Waals surface area contributed by atoms with Gasteiger partial charge in [-0.05, 0) is 51.4 Å². The Hall–Kier alpha value is -1.43. The highest BCUT2D eigenvalue weighted by atomic mass is 16.3.